The van der Waals surface area contributed by atoms with Crippen molar-refractivity contribution in [2.75, 3.05) is 6.54 Å². The molecular formula is C18H17FN2O2Se. The van der Waals surface area contributed by atoms with Crippen LogP contribution >= 0.6 is 0 Å². The van der Waals surface area contributed by atoms with Crippen LogP contribution in [0.4, 0.5) is 4.39 Å². The van der Waals surface area contributed by atoms with Crippen LogP contribution in [0.1, 0.15) is 12.0 Å². The summed E-state index contributed by atoms with van der Waals surface area (Å²) < 4.78 is 13.6. The van der Waals surface area contributed by atoms with Gasteiger partial charge in [0.25, 0.3) is 0 Å². The molecule has 1 saturated heterocycles. The van der Waals surface area contributed by atoms with E-state index in [-0.39, 0.29) is 39.1 Å². The van der Waals surface area contributed by atoms with E-state index in [1.54, 1.807) is 18.2 Å². The second-order valence-corrected chi connectivity index (χ2v) is 8.40. The fourth-order valence-corrected chi connectivity index (χ4v) is 5.20. The van der Waals surface area contributed by atoms with Crippen molar-refractivity contribution in [1.82, 2.24) is 10.6 Å². The Morgan fingerprint density at radius 3 is 2.54 bits per heavy atom. The van der Waals surface area contributed by atoms with Gasteiger partial charge in [-0.2, -0.15) is 0 Å². The van der Waals surface area contributed by atoms with Crippen LogP contribution in [0.2, 0.25) is 4.31 Å². The second-order valence-electron chi connectivity index (χ2n) is 5.52. The Morgan fingerprint density at radius 1 is 1.17 bits per heavy atom. The summed E-state index contributed by atoms with van der Waals surface area (Å²) >= 11 is -0.339. The number of nitrogens with one attached hydrogen (secondary N) is 2. The van der Waals surface area contributed by atoms with Crippen LogP contribution in [-0.4, -0.2) is 33.3 Å². The molecule has 2 aromatic carbocycles. The number of carbonyl (C=O) groups is 2. The molecule has 1 atom stereocenters. The number of carbonyl (C=O) groups excluding carboxylic acids is 2. The SMILES string of the molecule is O=C1NCCC1([Se]c1ccccc1)C(=O)NCc1ccccc1F. The zero-order chi connectivity index (χ0) is 17.0. The van der Waals surface area contributed by atoms with Crippen LogP contribution in [0.25, 0.3) is 0 Å². The molecule has 1 aliphatic rings. The van der Waals surface area contributed by atoms with Gasteiger partial charge in [-0.15, -0.1) is 0 Å². The molecule has 1 heterocycles. The van der Waals surface area contributed by atoms with Crippen molar-refractivity contribution in [3.63, 3.8) is 0 Å². The summed E-state index contributed by atoms with van der Waals surface area (Å²) in [4.78, 5) is 25.2. The molecular weight excluding hydrogens is 374 g/mol. The van der Waals surface area contributed by atoms with Crippen molar-refractivity contribution in [3.05, 3.63) is 66.0 Å². The first-order valence-corrected chi connectivity index (χ1v) is 9.37. The molecule has 0 aromatic heterocycles. The summed E-state index contributed by atoms with van der Waals surface area (Å²) in [5.74, 6) is -0.932. The van der Waals surface area contributed by atoms with E-state index in [0.717, 1.165) is 4.46 Å². The monoisotopic (exact) mass is 392 g/mol. The molecule has 2 aromatic rings. The Labute approximate surface area is 146 Å². The van der Waals surface area contributed by atoms with Gasteiger partial charge in [0.15, 0.2) is 0 Å². The van der Waals surface area contributed by atoms with Crippen LogP contribution in [0.5, 0.6) is 0 Å². The van der Waals surface area contributed by atoms with Crippen molar-refractivity contribution in [2.45, 2.75) is 17.3 Å². The Bertz CT molecular complexity index is 754. The minimum absolute atomic E-state index is 0.0748. The van der Waals surface area contributed by atoms with E-state index in [0.29, 0.717) is 18.5 Å². The Hall–Kier alpha value is -2.17. The van der Waals surface area contributed by atoms with E-state index in [1.807, 2.05) is 30.3 Å². The third-order valence-electron chi connectivity index (χ3n) is 3.93. The molecule has 4 nitrogen and oxygen atoms in total. The van der Waals surface area contributed by atoms with E-state index >= 15 is 0 Å². The summed E-state index contributed by atoms with van der Waals surface area (Å²) in [5, 5.41) is 5.51. The Balaban J connectivity index is 1.77. The first kappa shape index (κ1) is 16.7. The number of rotatable bonds is 5. The molecule has 2 amide bonds. The van der Waals surface area contributed by atoms with Crippen LogP contribution in [0, 0.1) is 5.82 Å². The van der Waals surface area contributed by atoms with Crippen molar-refractivity contribution < 1.29 is 14.0 Å². The van der Waals surface area contributed by atoms with Crippen LogP contribution in [-0.2, 0) is 16.1 Å². The van der Waals surface area contributed by atoms with E-state index in [4.69, 9.17) is 0 Å². The average molecular weight is 391 g/mol. The Kier molecular flexibility index (Phi) is 4.97. The average Bonchev–Trinajstić information content (AvgIpc) is 2.96. The molecule has 1 fully saturated rings. The van der Waals surface area contributed by atoms with Crippen molar-refractivity contribution >= 4 is 31.2 Å². The van der Waals surface area contributed by atoms with Crippen LogP contribution in [0.3, 0.4) is 0 Å². The van der Waals surface area contributed by atoms with Gasteiger partial charge in [0.2, 0.25) is 0 Å². The van der Waals surface area contributed by atoms with Gasteiger partial charge >= 0.3 is 146 Å². The fraction of sp³-hybridized carbons (Fsp3) is 0.222. The van der Waals surface area contributed by atoms with E-state index < -0.39 is 4.31 Å². The zero-order valence-electron chi connectivity index (χ0n) is 12.9. The van der Waals surface area contributed by atoms with Crippen LogP contribution in [0.15, 0.2) is 54.6 Å². The predicted molar refractivity (Wildman–Crippen MR) is 90.4 cm³/mol. The van der Waals surface area contributed by atoms with Gasteiger partial charge in [0.05, 0.1) is 0 Å². The molecule has 0 aliphatic carbocycles. The van der Waals surface area contributed by atoms with E-state index in [9.17, 15) is 14.0 Å². The van der Waals surface area contributed by atoms with Gasteiger partial charge in [-0.05, 0) is 0 Å². The van der Waals surface area contributed by atoms with E-state index in [2.05, 4.69) is 10.6 Å². The standard InChI is InChI=1S/C18H17FN2O2Se/c19-15-9-5-4-6-13(15)12-21-17(23)18(10-11-20-16(18)22)24-14-7-2-1-3-8-14/h1-9H,10-12H2,(H,20,22)(H,21,23). The summed E-state index contributed by atoms with van der Waals surface area (Å²) in [6.45, 7) is 0.561. The normalized spacial score (nSPS) is 19.8. The zero-order valence-corrected chi connectivity index (χ0v) is 14.6. The third kappa shape index (κ3) is 3.35. The molecule has 0 spiro atoms. The number of amides is 2. The number of benzene rings is 2. The van der Waals surface area contributed by atoms with Gasteiger partial charge in [0, 0.05) is 0 Å². The molecule has 124 valence electrons. The van der Waals surface area contributed by atoms with E-state index in [1.165, 1.54) is 6.07 Å². The molecule has 3 rings (SSSR count). The third-order valence-corrected chi connectivity index (χ3v) is 6.93. The topological polar surface area (TPSA) is 58.2 Å². The molecule has 0 saturated carbocycles. The number of hydrogen-bond donors (Lipinski definition) is 2. The number of halogens is 1. The molecule has 0 bridgehead atoms. The molecule has 2 N–H and O–H groups in total. The van der Waals surface area contributed by atoms with Gasteiger partial charge in [-0.3, -0.25) is 0 Å². The quantitative estimate of drug-likeness (QED) is 0.594. The molecule has 6 heteroatoms. The molecule has 24 heavy (non-hydrogen) atoms. The van der Waals surface area contributed by atoms with Crippen molar-refractivity contribution in [2.24, 2.45) is 0 Å². The van der Waals surface area contributed by atoms with Gasteiger partial charge in [-0.1, -0.05) is 0 Å². The summed E-state index contributed by atoms with van der Waals surface area (Å²) in [6, 6.07) is 15.9. The van der Waals surface area contributed by atoms with Crippen molar-refractivity contribution in [3.8, 4) is 0 Å². The Morgan fingerprint density at radius 2 is 1.88 bits per heavy atom. The fourth-order valence-electron chi connectivity index (χ4n) is 2.62. The maximum atomic E-state index is 13.7. The second kappa shape index (κ2) is 7.16. The van der Waals surface area contributed by atoms with Crippen LogP contribution < -0.4 is 15.1 Å². The first-order valence-electron chi connectivity index (χ1n) is 7.66. The summed E-state index contributed by atoms with van der Waals surface area (Å²) in [6.07, 6.45) is 0.462. The number of hydrogen-bond acceptors (Lipinski definition) is 2. The maximum absolute atomic E-state index is 13.7. The van der Waals surface area contributed by atoms with Gasteiger partial charge in [0.1, 0.15) is 0 Å². The van der Waals surface area contributed by atoms with Gasteiger partial charge in [-0.25, -0.2) is 0 Å². The minimum atomic E-state index is -1.07. The summed E-state index contributed by atoms with van der Waals surface area (Å²) in [7, 11) is 0. The molecule has 1 unspecified atom stereocenters. The molecule has 0 radical (unpaired) electrons. The van der Waals surface area contributed by atoms with Gasteiger partial charge < -0.3 is 0 Å². The summed E-state index contributed by atoms with van der Waals surface area (Å²) in [5.41, 5.74) is 0.409. The first-order chi connectivity index (χ1) is 11.6. The predicted octanol–water partition coefficient (Wildman–Crippen LogP) is 1.15. The van der Waals surface area contributed by atoms with Crippen molar-refractivity contribution in [1.29, 1.82) is 0 Å². The molecule has 1 aliphatic heterocycles.